The minimum absolute atomic E-state index is 0.0413. The van der Waals surface area contributed by atoms with Gasteiger partial charge in [0.1, 0.15) is 11.3 Å². The minimum Gasteiger partial charge on any atom is -0.361 e. The molecule has 0 spiro atoms. The number of rotatable bonds is 4. The maximum Gasteiger partial charge on any atom is 0.259 e. The first-order valence-corrected chi connectivity index (χ1v) is 5.79. The number of amides is 2. The molecule has 18 heavy (non-hydrogen) atoms. The van der Waals surface area contributed by atoms with Crippen molar-refractivity contribution in [1.82, 2.24) is 15.0 Å². The highest BCUT2D eigenvalue weighted by Gasteiger charge is 2.23. The molecule has 0 bridgehead atoms. The van der Waals surface area contributed by atoms with E-state index in [4.69, 9.17) is 4.52 Å². The molecule has 1 aromatic heterocycles. The van der Waals surface area contributed by atoms with Crippen LogP contribution in [-0.2, 0) is 11.2 Å². The van der Waals surface area contributed by atoms with Crippen molar-refractivity contribution in [3.8, 4) is 0 Å². The Bertz CT molecular complexity index is 451. The number of aryl methyl sites for hydroxylation is 2. The fraction of sp³-hybridized carbons (Fsp3) is 0.583. The monoisotopic (exact) mass is 253 g/mol. The van der Waals surface area contributed by atoms with E-state index in [1.165, 1.54) is 9.80 Å². The Morgan fingerprint density at radius 1 is 1.28 bits per heavy atom. The molecule has 1 rings (SSSR count). The molecule has 0 aliphatic rings. The van der Waals surface area contributed by atoms with Crippen LogP contribution in [0, 0.1) is 6.92 Å². The number of carbonyl (C=O) groups excluding carboxylic acids is 2. The fourth-order valence-corrected chi connectivity index (χ4v) is 1.54. The van der Waals surface area contributed by atoms with Crippen LogP contribution >= 0.6 is 0 Å². The highest BCUT2D eigenvalue weighted by molar-refractivity contribution is 5.97. The molecule has 0 saturated carbocycles. The van der Waals surface area contributed by atoms with Crippen LogP contribution in [-0.4, -0.2) is 54.5 Å². The smallest absolute Gasteiger partial charge is 0.259 e. The van der Waals surface area contributed by atoms with Crippen LogP contribution in [0.4, 0.5) is 0 Å². The van der Waals surface area contributed by atoms with Crippen LogP contribution in [0.15, 0.2) is 4.52 Å². The Hall–Kier alpha value is -1.85. The summed E-state index contributed by atoms with van der Waals surface area (Å²) in [5.41, 5.74) is 1.09. The second-order valence-electron chi connectivity index (χ2n) is 4.36. The quantitative estimate of drug-likeness (QED) is 0.792. The molecule has 6 heteroatoms. The summed E-state index contributed by atoms with van der Waals surface area (Å²) >= 11 is 0. The zero-order valence-electron chi connectivity index (χ0n) is 11.5. The second-order valence-corrected chi connectivity index (χ2v) is 4.36. The average molecular weight is 253 g/mol. The summed E-state index contributed by atoms with van der Waals surface area (Å²) in [5, 5.41) is 3.83. The van der Waals surface area contributed by atoms with Crippen LogP contribution in [0.1, 0.15) is 28.7 Å². The van der Waals surface area contributed by atoms with Gasteiger partial charge in [-0.05, 0) is 13.3 Å². The lowest BCUT2D eigenvalue weighted by molar-refractivity contribution is -0.129. The number of aromatic nitrogens is 1. The highest BCUT2D eigenvalue weighted by Crippen LogP contribution is 2.15. The molecule has 0 radical (unpaired) electrons. The van der Waals surface area contributed by atoms with Gasteiger partial charge >= 0.3 is 0 Å². The third kappa shape index (κ3) is 2.88. The van der Waals surface area contributed by atoms with Crippen LogP contribution in [0.25, 0.3) is 0 Å². The Morgan fingerprint density at radius 2 is 1.89 bits per heavy atom. The molecular formula is C12H19N3O3. The van der Waals surface area contributed by atoms with Crippen molar-refractivity contribution in [3.05, 3.63) is 17.0 Å². The molecule has 2 amide bonds. The average Bonchev–Trinajstić information content (AvgIpc) is 2.68. The topological polar surface area (TPSA) is 66.7 Å². The van der Waals surface area contributed by atoms with E-state index in [1.54, 1.807) is 28.1 Å². The third-order valence-electron chi connectivity index (χ3n) is 2.70. The number of nitrogens with zero attached hydrogens (tertiary/aromatic N) is 3. The molecule has 6 nitrogen and oxygen atoms in total. The van der Waals surface area contributed by atoms with Crippen LogP contribution in [0.3, 0.4) is 0 Å². The van der Waals surface area contributed by atoms with Crippen LogP contribution < -0.4 is 0 Å². The van der Waals surface area contributed by atoms with Gasteiger partial charge in [0.25, 0.3) is 5.91 Å². The van der Waals surface area contributed by atoms with E-state index in [2.05, 4.69) is 5.16 Å². The SMILES string of the molecule is CCc1noc(C)c1C(=O)N(C)CC(=O)N(C)C. The molecule has 0 N–H and O–H groups in total. The van der Waals surface area contributed by atoms with E-state index in [9.17, 15) is 9.59 Å². The van der Waals surface area contributed by atoms with E-state index in [-0.39, 0.29) is 18.4 Å². The van der Waals surface area contributed by atoms with Crippen LogP contribution in [0.5, 0.6) is 0 Å². The predicted octanol–water partition coefficient (Wildman–Crippen LogP) is 0.706. The predicted molar refractivity (Wildman–Crippen MR) is 66.3 cm³/mol. The van der Waals surface area contributed by atoms with Gasteiger partial charge in [0.2, 0.25) is 5.91 Å². The van der Waals surface area contributed by atoms with Crippen molar-refractivity contribution in [2.24, 2.45) is 0 Å². The van der Waals surface area contributed by atoms with Gasteiger partial charge in [-0.1, -0.05) is 12.1 Å². The Kier molecular flexibility index (Phi) is 4.47. The number of hydrogen-bond acceptors (Lipinski definition) is 4. The van der Waals surface area contributed by atoms with Gasteiger partial charge in [-0.2, -0.15) is 0 Å². The second kappa shape index (κ2) is 5.66. The van der Waals surface area contributed by atoms with E-state index in [0.29, 0.717) is 23.4 Å². The molecule has 0 aliphatic heterocycles. The van der Waals surface area contributed by atoms with Crippen molar-refractivity contribution in [2.45, 2.75) is 20.3 Å². The first kappa shape index (κ1) is 14.2. The molecule has 100 valence electrons. The lowest BCUT2D eigenvalue weighted by Gasteiger charge is -2.19. The standard InChI is InChI=1S/C12H19N3O3/c1-6-9-11(8(2)18-13-9)12(17)15(5)7-10(16)14(3)4/h6-7H2,1-5H3. The van der Waals surface area contributed by atoms with Gasteiger partial charge in [0.05, 0.1) is 12.2 Å². The summed E-state index contributed by atoms with van der Waals surface area (Å²) < 4.78 is 5.02. The molecular weight excluding hydrogens is 234 g/mol. The maximum atomic E-state index is 12.2. The van der Waals surface area contributed by atoms with E-state index < -0.39 is 0 Å². The van der Waals surface area contributed by atoms with Crippen molar-refractivity contribution in [3.63, 3.8) is 0 Å². The molecule has 0 unspecified atom stereocenters. The van der Waals surface area contributed by atoms with Gasteiger partial charge in [-0.3, -0.25) is 9.59 Å². The molecule has 0 atom stereocenters. The summed E-state index contributed by atoms with van der Waals surface area (Å²) in [4.78, 5) is 26.6. The van der Waals surface area contributed by atoms with Gasteiger partial charge < -0.3 is 14.3 Å². The van der Waals surface area contributed by atoms with Crippen molar-refractivity contribution < 1.29 is 14.1 Å². The van der Waals surface area contributed by atoms with Gasteiger partial charge in [-0.15, -0.1) is 0 Å². The van der Waals surface area contributed by atoms with E-state index in [0.717, 1.165) is 0 Å². The van der Waals surface area contributed by atoms with Crippen molar-refractivity contribution >= 4 is 11.8 Å². The zero-order chi connectivity index (χ0) is 13.9. The summed E-state index contributed by atoms with van der Waals surface area (Å²) in [6, 6.07) is 0. The first-order valence-electron chi connectivity index (χ1n) is 5.79. The number of hydrogen-bond donors (Lipinski definition) is 0. The van der Waals surface area contributed by atoms with Crippen molar-refractivity contribution in [2.75, 3.05) is 27.7 Å². The van der Waals surface area contributed by atoms with E-state index >= 15 is 0 Å². The third-order valence-corrected chi connectivity index (χ3v) is 2.70. The number of likely N-dealkylation sites (N-methyl/N-ethyl adjacent to an activating group) is 2. The molecule has 0 aromatic carbocycles. The molecule has 1 heterocycles. The number of carbonyl (C=O) groups is 2. The summed E-state index contributed by atoms with van der Waals surface area (Å²) in [6.45, 7) is 3.64. The molecule has 0 saturated heterocycles. The lowest BCUT2D eigenvalue weighted by atomic mass is 10.1. The van der Waals surface area contributed by atoms with Gasteiger partial charge in [-0.25, -0.2) is 0 Å². The largest absolute Gasteiger partial charge is 0.361 e. The van der Waals surface area contributed by atoms with Gasteiger partial charge in [0.15, 0.2) is 0 Å². The Labute approximate surface area is 107 Å². The van der Waals surface area contributed by atoms with Crippen LogP contribution in [0.2, 0.25) is 0 Å². The normalized spacial score (nSPS) is 10.3. The summed E-state index contributed by atoms with van der Waals surface area (Å²) in [7, 11) is 4.90. The fourth-order valence-electron chi connectivity index (χ4n) is 1.54. The lowest BCUT2D eigenvalue weighted by Crippen LogP contribution is -2.38. The molecule has 0 aliphatic carbocycles. The summed E-state index contributed by atoms with van der Waals surface area (Å²) in [6.07, 6.45) is 0.619. The Morgan fingerprint density at radius 3 is 2.39 bits per heavy atom. The molecule has 1 aromatic rings. The minimum atomic E-state index is -0.235. The van der Waals surface area contributed by atoms with Crippen molar-refractivity contribution in [1.29, 1.82) is 0 Å². The first-order chi connectivity index (χ1) is 8.38. The van der Waals surface area contributed by atoms with E-state index in [1.807, 2.05) is 6.92 Å². The Balaban J connectivity index is 2.86. The van der Waals surface area contributed by atoms with Gasteiger partial charge in [0, 0.05) is 21.1 Å². The molecule has 0 fully saturated rings. The zero-order valence-corrected chi connectivity index (χ0v) is 11.5. The summed E-state index contributed by atoms with van der Waals surface area (Å²) in [5.74, 6) is 0.125. The maximum absolute atomic E-state index is 12.2. The highest BCUT2D eigenvalue weighted by atomic mass is 16.5.